The van der Waals surface area contributed by atoms with Crippen molar-refractivity contribution < 1.29 is 0 Å². The summed E-state index contributed by atoms with van der Waals surface area (Å²) < 4.78 is 0. The molecule has 3 N–H and O–H groups in total. The van der Waals surface area contributed by atoms with Gasteiger partial charge in [0.25, 0.3) is 0 Å². The summed E-state index contributed by atoms with van der Waals surface area (Å²) in [5.74, 6) is 0.670. The average Bonchev–Trinajstić information content (AvgIpc) is 2.68. The Bertz CT molecular complexity index is 1080. The maximum atomic E-state index is 5.95. The molecule has 3 nitrogen and oxygen atoms in total. The number of nitrogens with zero attached hydrogens (tertiary/aromatic N) is 1. The Morgan fingerprint density at radius 3 is 2.38 bits per heavy atom. The van der Waals surface area contributed by atoms with Crippen LogP contribution in [0.3, 0.4) is 0 Å². The zero-order valence-electron chi connectivity index (χ0n) is 14.3. The van der Waals surface area contributed by atoms with Crippen LogP contribution in [0.5, 0.6) is 0 Å². The molecule has 0 saturated carbocycles. The number of nitrogens with one attached hydrogen (secondary N) is 1. The van der Waals surface area contributed by atoms with Crippen molar-refractivity contribution in [1.82, 2.24) is 4.98 Å². The van der Waals surface area contributed by atoms with E-state index in [-0.39, 0.29) is 0 Å². The van der Waals surface area contributed by atoms with Crippen molar-refractivity contribution in [2.45, 2.75) is 0 Å². The number of hydrogen-bond acceptors (Lipinski definition) is 3. The van der Waals surface area contributed by atoms with Gasteiger partial charge in [-0.05, 0) is 52.2 Å². The molecule has 0 atom stereocenters. The minimum Gasteiger partial charge on any atom is -0.396 e. The fraction of sp³-hybridized carbons (Fsp3) is 0. The Kier molecular flexibility index (Phi) is 4.35. The monoisotopic (exact) mass is 337 g/mol. The molecule has 3 heteroatoms. The fourth-order valence-corrected chi connectivity index (χ4v) is 2.88. The van der Waals surface area contributed by atoms with Gasteiger partial charge in [-0.15, -0.1) is 0 Å². The molecule has 3 aromatic carbocycles. The largest absolute Gasteiger partial charge is 0.396 e. The maximum absolute atomic E-state index is 5.95. The Balaban J connectivity index is 1.56. The highest BCUT2D eigenvalue weighted by Gasteiger charge is 2.00. The molecule has 4 aromatic rings. The molecule has 26 heavy (non-hydrogen) atoms. The molecular formula is C23H19N3. The first-order valence-corrected chi connectivity index (χ1v) is 8.52. The van der Waals surface area contributed by atoms with Crippen LogP contribution in [-0.2, 0) is 0 Å². The molecule has 0 unspecified atom stereocenters. The van der Waals surface area contributed by atoms with E-state index in [0.29, 0.717) is 11.5 Å². The average molecular weight is 337 g/mol. The summed E-state index contributed by atoms with van der Waals surface area (Å²) in [5, 5.41) is 5.76. The van der Waals surface area contributed by atoms with Gasteiger partial charge in [-0.1, -0.05) is 60.7 Å². The lowest BCUT2D eigenvalue weighted by atomic mass is 10.1. The van der Waals surface area contributed by atoms with E-state index in [9.17, 15) is 0 Å². The predicted octanol–water partition coefficient (Wildman–Crippen LogP) is 5.73. The summed E-state index contributed by atoms with van der Waals surface area (Å²) in [6.45, 7) is 0. The lowest BCUT2D eigenvalue weighted by Gasteiger charge is -2.08. The topological polar surface area (TPSA) is 50.9 Å². The highest BCUT2D eigenvalue weighted by atomic mass is 15.0. The molecule has 0 aliphatic carbocycles. The molecule has 4 rings (SSSR count). The molecule has 0 aliphatic rings. The van der Waals surface area contributed by atoms with Gasteiger partial charge in [-0.2, -0.15) is 0 Å². The molecule has 0 fully saturated rings. The quantitative estimate of drug-likeness (QED) is 0.467. The normalized spacial score (nSPS) is 11.1. The van der Waals surface area contributed by atoms with Gasteiger partial charge in [-0.25, -0.2) is 4.98 Å². The third kappa shape index (κ3) is 3.57. The molecule has 0 spiro atoms. The van der Waals surface area contributed by atoms with Gasteiger partial charge in [0.05, 0.1) is 5.69 Å². The summed E-state index contributed by atoms with van der Waals surface area (Å²) in [4.78, 5) is 4.27. The summed E-state index contributed by atoms with van der Waals surface area (Å²) >= 11 is 0. The van der Waals surface area contributed by atoms with E-state index in [1.165, 1.54) is 16.3 Å². The molecule has 0 saturated heterocycles. The number of benzene rings is 3. The Hall–Kier alpha value is -3.59. The molecule has 0 aliphatic heterocycles. The van der Waals surface area contributed by atoms with E-state index in [1.807, 2.05) is 24.3 Å². The maximum Gasteiger partial charge on any atom is 0.153 e. The van der Waals surface area contributed by atoms with Crippen LogP contribution >= 0.6 is 0 Å². The summed E-state index contributed by atoms with van der Waals surface area (Å²) in [5.41, 5.74) is 9.82. The molecule has 1 heterocycles. The number of fused-ring (bicyclic) bond motifs is 1. The molecule has 0 bridgehead atoms. The minimum absolute atomic E-state index is 0.629. The Morgan fingerprint density at radius 1 is 0.731 bits per heavy atom. The number of aromatic nitrogens is 1. The third-order valence-electron chi connectivity index (χ3n) is 4.23. The lowest BCUT2D eigenvalue weighted by molar-refractivity contribution is 1.31. The van der Waals surface area contributed by atoms with Gasteiger partial charge in [-0.3, -0.25) is 0 Å². The van der Waals surface area contributed by atoms with E-state index in [1.54, 1.807) is 6.20 Å². The van der Waals surface area contributed by atoms with Gasteiger partial charge in [0.15, 0.2) is 5.82 Å². The second-order valence-electron chi connectivity index (χ2n) is 6.13. The smallest absolute Gasteiger partial charge is 0.153 e. The van der Waals surface area contributed by atoms with Gasteiger partial charge in [0, 0.05) is 11.9 Å². The first-order valence-electron chi connectivity index (χ1n) is 8.52. The molecule has 0 radical (unpaired) electrons. The van der Waals surface area contributed by atoms with E-state index in [4.69, 9.17) is 5.73 Å². The number of anilines is 3. The van der Waals surface area contributed by atoms with E-state index in [0.717, 1.165) is 11.3 Å². The highest BCUT2D eigenvalue weighted by molar-refractivity contribution is 5.86. The number of pyridine rings is 1. The van der Waals surface area contributed by atoms with Gasteiger partial charge in [0.1, 0.15) is 0 Å². The fourth-order valence-electron chi connectivity index (χ4n) is 2.88. The number of rotatable bonds is 4. The van der Waals surface area contributed by atoms with Gasteiger partial charge >= 0.3 is 0 Å². The molecule has 1 aromatic heterocycles. The van der Waals surface area contributed by atoms with Crippen LogP contribution in [0.1, 0.15) is 11.1 Å². The summed E-state index contributed by atoms with van der Waals surface area (Å²) in [6, 6.07) is 26.7. The summed E-state index contributed by atoms with van der Waals surface area (Å²) in [6.07, 6.45) is 5.96. The van der Waals surface area contributed by atoms with Crippen molar-refractivity contribution in [3.63, 3.8) is 0 Å². The van der Waals surface area contributed by atoms with E-state index >= 15 is 0 Å². The standard InChI is InChI=1S/C23H19N3/c24-22-9-4-14-25-23(22)26-21-8-3-5-17(16-21)10-11-18-12-13-19-6-1-2-7-20(19)15-18/h1-16H,24H2,(H,25,26). The van der Waals surface area contributed by atoms with Crippen LogP contribution in [0, 0.1) is 0 Å². The van der Waals surface area contributed by atoms with Crippen molar-refractivity contribution in [2.24, 2.45) is 0 Å². The van der Waals surface area contributed by atoms with Crippen molar-refractivity contribution in [1.29, 1.82) is 0 Å². The molecular weight excluding hydrogens is 318 g/mol. The van der Waals surface area contributed by atoms with Crippen LogP contribution < -0.4 is 11.1 Å². The first-order chi connectivity index (χ1) is 12.8. The van der Waals surface area contributed by atoms with E-state index in [2.05, 4.69) is 77.1 Å². The van der Waals surface area contributed by atoms with Gasteiger partial charge in [0.2, 0.25) is 0 Å². The highest BCUT2D eigenvalue weighted by Crippen LogP contribution is 2.22. The Morgan fingerprint density at radius 2 is 1.54 bits per heavy atom. The SMILES string of the molecule is Nc1cccnc1Nc1cccc(C=Cc2ccc3ccccc3c2)c1. The van der Waals surface area contributed by atoms with Crippen LogP contribution in [0.2, 0.25) is 0 Å². The molecule has 0 amide bonds. The Labute approximate surface area is 152 Å². The second-order valence-corrected chi connectivity index (χ2v) is 6.13. The minimum atomic E-state index is 0.629. The second kappa shape index (κ2) is 7.11. The van der Waals surface area contributed by atoms with Crippen LogP contribution in [-0.4, -0.2) is 4.98 Å². The van der Waals surface area contributed by atoms with Crippen molar-refractivity contribution in [2.75, 3.05) is 11.1 Å². The van der Waals surface area contributed by atoms with Crippen molar-refractivity contribution in [3.8, 4) is 0 Å². The zero-order chi connectivity index (χ0) is 17.8. The third-order valence-corrected chi connectivity index (χ3v) is 4.23. The number of hydrogen-bond donors (Lipinski definition) is 2. The number of nitrogens with two attached hydrogens (primary N) is 1. The lowest BCUT2D eigenvalue weighted by Crippen LogP contribution is -1.98. The van der Waals surface area contributed by atoms with Crippen molar-refractivity contribution >= 4 is 40.1 Å². The van der Waals surface area contributed by atoms with E-state index < -0.39 is 0 Å². The zero-order valence-corrected chi connectivity index (χ0v) is 14.3. The first kappa shape index (κ1) is 15.9. The van der Waals surface area contributed by atoms with Crippen LogP contribution in [0.25, 0.3) is 22.9 Å². The summed E-state index contributed by atoms with van der Waals surface area (Å²) in [7, 11) is 0. The predicted molar refractivity (Wildman–Crippen MR) is 111 cm³/mol. The van der Waals surface area contributed by atoms with Gasteiger partial charge < -0.3 is 11.1 Å². The number of nitrogen functional groups attached to an aromatic ring is 1. The van der Waals surface area contributed by atoms with Crippen LogP contribution in [0.15, 0.2) is 85.1 Å². The van der Waals surface area contributed by atoms with Crippen molar-refractivity contribution in [3.05, 3.63) is 96.2 Å². The molecule has 126 valence electrons. The van der Waals surface area contributed by atoms with Crippen LogP contribution in [0.4, 0.5) is 17.2 Å².